The van der Waals surface area contributed by atoms with Crippen LogP contribution in [0.25, 0.3) is 12.2 Å². The molecule has 1 aliphatic rings. The summed E-state index contributed by atoms with van der Waals surface area (Å²) in [5.74, 6) is 0. The van der Waals surface area contributed by atoms with Crippen LogP contribution >= 0.6 is 0 Å². The monoisotopic (exact) mass is 380 g/mol. The summed E-state index contributed by atoms with van der Waals surface area (Å²) in [6.45, 7) is 3.55. The number of aliphatic hydroxyl groups is 2. The van der Waals surface area contributed by atoms with Crippen LogP contribution in [0.1, 0.15) is 43.7 Å². The number of hydrogen-bond acceptors (Lipinski definition) is 4. The summed E-state index contributed by atoms with van der Waals surface area (Å²) < 4.78 is 0. The van der Waals surface area contributed by atoms with Crippen molar-refractivity contribution in [3.8, 4) is 0 Å². The number of hydrogen-bond donors (Lipinski definition) is 3. The van der Waals surface area contributed by atoms with E-state index in [4.69, 9.17) is 0 Å². The number of anilines is 2. The molecule has 3 N–H and O–H groups in total. The standard InChI is InChI=1S/C24H32N2O2/c1-24(18-27,19-28)25-16-8-2-3-9-17-26-22-12-6-4-10-20(22)14-15-21-11-5-7-13-23(21)26/h4-7,10-15,25,27-28H,2-3,8-9,16-19H2,1H3. The smallest absolute Gasteiger partial charge is 0.0633 e. The lowest BCUT2D eigenvalue weighted by molar-refractivity contribution is 0.104. The van der Waals surface area contributed by atoms with Crippen LogP contribution < -0.4 is 10.2 Å². The van der Waals surface area contributed by atoms with Gasteiger partial charge in [-0.1, -0.05) is 61.4 Å². The Balaban J connectivity index is 1.54. The van der Waals surface area contributed by atoms with Gasteiger partial charge in [-0.05, 0) is 49.6 Å². The van der Waals surface area contributed by atoms with E-state index in [1.165, 1.54) is 22.5 Å². The van der Waals surface area contributed by atoms with Crippen molar-refractivity contribution in [2.75, 3.05) is 31.2 Å². The van der Waals surface area contributed by atoms with Gasteiger partial charge in [0.25, 0.3) is 0 Å². The van der Waals surface area contributed by atoms with Gasteiger partial charge in [-0.25, -0.2) is 0 Å². The third-order valence-electron chi connectivity index (χ3n) is 5.46. The molecule has 150 valence electrons. The molecule has 28 heavy (non-hydrogen) atoms. The molecule has 0 atom stereocenters. The summed E-state index contributed by atoms with van der Waals surface area (Å²) in [4.78, 5) is 2.44. The van der Waals surface area contributed by atoms with Crippen molar-refractivity contribution in [3.05, 3.63) is 59.7 Å². The lowest BCUT2D eigenvalue weighted by atomic mass is 10.1. The second-order valence-electron chi connectivity index (χ2n) is 7.82. The first kappa shape index (κ1) is 20.6. The number of aliphatic hydroxyl groups excluding tert-OH is 2. The van der Waals surface area contributed by atoms with E-state index in [1.807, 2.05) is 6.92 Å². The van der Waals surface area contributed by atoms with E-state index < -0.39 is 5.54 Å². The van der Waals surface area contributed by atoms with E-state index in [-0.39, 0.29) is 13.2 Å². The highest BCUT2D eigenvalue weighted by molar-refractivity contribution is 5.88. The first-order valence-corrected chi connectivity index (χ1v) is 10.3. The summed E-state index contributed by atoms with van der Waals surface area (Å²) in [6, 6.07) is 17.2. The highest BCUT2D eigenvalue weighted by atomic mass is 16.3. The Bertz CT molecular complexity index is 734. The summed E-state index contributed by atoms with van der Waals surface area (Å²) in [5.41, 5.74) is 4.48. The first-order chi connectivity index (χ1) is 13.7. The van der Waals surface area contributed by atoms with Crippen LogP contribution in [-0.2, 0) is 0 Å². The summed E-state index contributed by atoms with van der Waals surface area (Å²) in [7, 11) is 0. The molecule has 1 heterocycles. The van der Waals surface area contributed by atoms with Gasteiger partial charge >= 0.3 is 0 Å². The van der Waals surface area contributed by atoms with Gasteiger partial charge < -0.3 is 20.4 Å². The average Bonchev–Trinajstić information content (AvgIpc) is 2.90. The molecular formula is C24H32N2O2. The zero-order chi connectivity index (χ0) is 19.8. The molecule has 4 heteroatoms. The third kappa shape index (κ3) is 5.02. The minimum atomic E-state index is -0.577. The van der Waals surface area contributed by atoms with Gasteiger partial charge in [0.1, 0.15) is 0 Å². The molecular weight excluding hydrogens is 348 g/mol. The summed E-state index contributed by atoms with van der Waals surface area (Å²) >= 11 is 0. The lowest BCUT2D eigenvalue weighted by Gasteiger charge is -2.27. The molecule has 0 amide bonds. The number of rotatable bonds is 10. The van der Waals surface area contributed by atoms with Crippen molar-refractivity contribution in [3.63, 3.8) is 0 Å². The average molecular weight is 381 g/mol. The Morgan fingerprint density at radius 2 is 1.32 bits per heavy atom. The van der Waals surface area contributed by atoms with Gasteiger partial charge in [-0.15, -0.1) is 0 Å². The van der Waals surface area contributed by atoms with E-state index >= 15 is 0 Å². The molecule has 0 unspecified atom stereocenters. The predicted molar refractivity (Wildman–Crippen MR) is 118 cm³/mol. The molecule has 0 saturated carbocycles. The van der Waals surface area contributed by atoms with E-state index in [0.717, 1.165) is 38.8 Å². The Morgan fingerprint density at radius 3 is 1.89 bits per heavy atom. The Hall–Kier alpha value is -2.14. The van der Waals surface area contributed by atoms with Crippen molar-refractivity contribution in [1.82, 2.24) is 5.32 Å². The SMILES string of the molecule is CC(CO)(CO)NCCCCCCN1c2ccccc2C=Cc2ccccc21. The van der Waals surface area contributed by atoms with Crippen molar-refractivity contribution in [1.29, 1.82) is 0 Å². The van der Waals surface area contributed by atoms with Crippen LogP contribution in [0.5, 0.6) is 0 Å². The van der Waals surface area contributed by atoms with Crippen molar-refractivity contribution < 1.29 is 10.2 Å². The maximum absolute atomic E-state index is 9.32. The van der Waals surface area contributed by atoms with Crippen LogP contribution in [0.4, 0.5) is 11.4 Å². The fraction of sp³-hybridized carbons (Fsp3) is 0.417. The molecule has 0 bridgehead atoms. The van der Waals surface area contributed by atoms with Crippen molar-refractivity contribution >= 4 is 23.5 Å². The van der Waals surface area contributed by atoms with Gasteiger partial charge in [0, 0.05) is 17.9 Å². The van der Waals surface area contributed by atoms with Gasteiger partial charge in [-0.2, -0.15) is 0 Å². The molecule has 3 rings (SSSR count). The molecule has 0 saturated heterocycles. The molecule has 2 aromatic rings. The van der Waals surface area contributed by atoms with Gasteiger partial charge in [0.05, 0.1) is 18.8 Å². The topological polar surface area (TPSA) is 55.7 Å². The second kappa shape index (κ2) is 9.87. The molecule has 0 radical (unpaired) electrons. The van der Waals surface area contributed by atoms with Crippen LogP contribution in [0.2, 0.25) is 0 Å². The second-order valence-corrected chi connectivity index (χ2v) is 7.82. The number of para-hydroxylation sites is 2. The Morgan fingerprint density at radius 1 is 0.786 bits per heavy atom. The van der Waals surface area contributed by atoms with Crippen LogP contribution in [-0.4, -0.2) is 42.1 Å². The largest absolute Gasteiger partial charge is 0.394 e. The highest BCUT2D eigenvalue weighted by Gasteiger charge is 2.20. The normalized spacial score (nSPS) is 13.2. The molecule has 2 aromatic carbocycles. The van der Waals surface area contributed by atoms with E-state index in [9.17, 15) is 10.2 Å². The number of unbranched alkanes of at least 4 members (excludes halogenated alkanes) is 3. The molecule has 1 aliphatic heterocycles. The van der Waals surface area contributed by atoms with Crippen molar-refractivity contribution in [2.24, 2.45) is 0 Å². The molecule has 0 spiro atoms. The van der Waals surface area contributed by atoms with Gasteiger partial charge in [0.15, 0.2) is 0 Å². The number of nitrogens with zero attached hydrogens (tertiary/aromatic N) is 1. The van der Waals surface area contributed by atoms with Gasteiger partial charge in [-0.3, -0.25) is 0 Å². The molecule has 0 fully saturated rings. The van der Waals surface area contributed by atoms with E-state index in [2.05, 4.69) is 70.9 Å². The Kier molecular flexibility index (Phi) is 7.26. The summed E-state index contributed by atoms with van der Waals surface area (Å²) in [5, 5.41) is 21.9. The van der Waals surface area contributed by atoms with Crippen molar-refractivity contribution in [2.45, 2.75) is 38.1 Å². The summed E-state index contributed by atoms with van der Waals surface area (Å²) in [6.07, 6.45) is 8.88. The Labute approximate surface area is 168 Å². The maximum atomic E-state index is 9.32. The maximum Gasteiger partial charge on any atom is 0.0633 e. The van der Waals surface area contributed by atoms with Crippen LogP contribution in [0, 0.1) is 0 Å². The highest BCUT2D eigenvalue weighted by Crippen LogP contribution is 2.36. The predicted octanol–water partition coefficient (Wildman–Crippen LogP) is 4.20. The van der Waals surface area contributed by atoms with E-state index in [0.29, 0.717) is 0 Å². The fourth-order valence-electron chi connectivity index (χ4n) is 3.60. The lowest BCUT2D eigenvalue weighted by Crippen LogP contribution is -2.49. The molecule has 0 aliphatic carbocycles. The number of nitrogens with one attached hydrogen (secondary N) is 1. The quantitative estimate of drug-likeness (QED) is 0.541. The first-order valence-electron chi connectivity index (χ1n) is 10.3. The zero-order valence-electron chi connectivity index (χ0n) is 16.8. The third-order valence-corrected chi connectivity index (χ3v) is 5.46. The van der Waals surface area contributed by atoms with Crippen LogP contribution in [0.15, 0.2) is 48.5 Å². The molecule has 0 aromatic heterocycles. The zero-order valence-corrected chi connectivity index (χ0v) is 16.8. The fourth-order valence-corrected chi connectivity index (χ4v) is 3.60. The number of fused-ring (bicyclic) bond motifs is 2. The van der Waals surface area contributed by atoms with E-state index in [1.54, 1.807) is 0 Å². The number of benzene rings is 2. The van der Waals surface area contributed by atoms with Gasteiger partial charge in [0.2, 0.25) is 0 Å². The van der Waals surface area contributed by atoms with Crippen LogP contribution in [0.3, 0.4) is 0 Å². The molecule has 4 nitrogen and oxygen atoms in total. The minimum Gasteiger partial charge on any atom is -0.394 e. The minimum absolute atomic E-state index is 0.0503.